The average molecular weight is 520 g/mol. The zero-order chi connectivity index (χ0) is 27.4. The van der Waals surface area contributed by atoms with Gasteiger partial charge in [0.05, 0.1) is 13.0 Å². The van der Waals surface area contributed by atoms with E-state index in [1.54, 1.807) is 43.1 Å². The second-order valence-corrected chi connectivity index (χ2v) is 8.76. The van der Waals surface area contributed by atoms with E-state index in [1.807, 2.05) is 19.0 Å². The molecule has 0 saturated carbocycles. The van der Waals surface area contributed by atoms with Crippen molar-refractivity contribution in [3.8, 4) is 0 Å². The van der Waals surface area contributed by atoms with Crippen LogP contribution in [0.25, 0.3) is 0 Å². The summed E-state index contributed by atoms with van der Waals surface area (Å²) in [6.07, 6.45) is 0.686. The highest BCUT2D eigenvalue weighted by Crippen LogP contribution is 2.22. The molecule has 0 unspecified atom stereocenters. The first kappa shape index (κ1) is 29.4. The van der Waals surface area contributed by atoms with Crippen LogP contribution in [0.5, 0.6) is 0 Å². The maximum Gasteiger partial charge on any atom is 0.433 e. The van der Waals surface area contributed by atoms with Crippen LogP contribution in [0.1, 0.15) is 31.7 Å². The van der Waals surface area contributed by atoms with Crippen molar-refractivity contribution in [2.24, 2.45) is 0 Å². The van der Waals surface area contributed by atoms with Crippen LogP contribution >= 0.6 is 0 Å². The van der Waals surface area contributed by atoms with Crippen molar-refractivity contribution in [3.63, 3.8) is 0 Å². The first-order valence-corrected chi connectivity index (χ1v) is 12.1. The fraction of sp³-hybridized carbons (Fsp3) is 0.542. The number of hydrogen-bond donors (Lipinski definition) is 4. The summed E-state index contributed by atoms with van der Waals surface area (Å²) in [5.74, 6) is -0.764. The van der Waals surface area contributed by atoms with Gasteiger partial charge in [-0.25, -0.2) is 9.59 Å². The SMILES string of the molecule is CCOC(=O)CCNC(=O)N[C@H]1CCN(c2ccc(C(=N)NOC(=O)N(C)CCCN(C)C)cc2)C1=O. The topological polar surface area (TPSA) is 156 Å². The van der Waals surface area contributed by atoms with Crippen molar-refractivity contribution in [2.75, 3.05) is 58.8 Å². The van der Waals surface area contributed by atoms with E-state index >= 15 is 0 Å². The third-order valence-corrected chi connectivity index (χ3v) is 5.55. The van der Waals surface area contributed by atoms with Gasteiger partial charge >= 0.3 is 18.1 Å². The Morgan fingerprint density at radius 2 is 1.84 bits per heavy atom. The maximum atomic E-state index is 12.8. The summed E-state index contributed by atoms with van der Waals surface area (Å²) in [5.41, 5.74) is 3.44. The van der Waals surface area contributed by atoms with E-state index < -0.39 is 24.1 Å². The molecule has 1 atom stereocenters. The lowest BCUT2D eigenvalue weighted by Crippen LogP contribution is -2.46. The third kappa shape index (κ3) is 9.60. The van der Waals surface area contributed by atoms with Gasteiger partial charge in [-0.3, -0.25) is 15.0 Å². The molecule has 1 aliphatic rings. The highest BCUT2D eigenvalue weighted by molar-refractivity contribution is 6.02. The quantitative estimate of drug-likeness (QED) is 0.145. The molecule has 4 amide bonds. The molecule has 4 N–H and O–H groups in total. The molecule has 1 fully saturated rings. The molecule has 0 aromatic heterocycles. The number of hydrogen-bond acceptors (Lipinski definition) is 8. The summed E-state index contributed by atoms with van der Waals surface area (Å²) >= 11 is 0. The number of amidine groups is 1. The number of carbonyl (C=O) groups excluding carboxylic acids is 4. The Morgan fingerprint density at radius 1 is 1.14 bits per heavy atom. The van der Waals surface area contributed by atoms with Crippen LogP contribution in [0.4, 0.5) is 15.3 Å². The smallest absolute Gasteiger partial charge is 0.433 e. The molecule has 1 heterocycles. The van der Waals surface area contributed by atoms with Gasteiger partial charge in [-0.15, -0.1) is 0 Å². The number of carbonyl (C=O) groups is 4. The van der Waals surface area contributed by atoms with Crippen molar-refractivity contribution >= 4 is 35.5 Å². The van der Waals surface area contributed by atoms with Gasteiger partial charge in [0, 0.05) is 37.9 Å². The molecule has 13 nitrogen and oxygen atoms in total. The zero-order valence-corrected chi connectivity index (χ0v) is 21.8. The second kappa shape index (κ2) is 14.6. The lowest BCUT2D eigenvalue weighted by atomic mass is 10.2. The van der Waals surface area contributed by atoms with Gasteiger partial charge in [-0.1, -0.05) is 0 Å². The predicted molar refractivity (Wildman–Crippen MR) is 137 cm³/mol. The van der Waals surface area contributed by atoms with E-state index in [9.17, 15) is 19.2 Å². The fourth-order valence-electron chi connectivity index (χ4n) is 3.55. The molecule has 13 heteroatoms. The predicted octanol–water partition coefficient (Wildman–Crippen LogP) is 0.894. The number of ether oxygens (including phenoxy) is 1. The van der Waals surface area contributed by atoms with Crippen LogP contribution in [0.15, 0.2) is 24.3 Å². The first-order chi connectivity index (χ1) is 17.6. The minimum atomic E-state index is -0.684. The highest BCUT2D eigenvalue weighted by Gasteiger charge is 2.33. The molecule has 2 rings (SSSR count). The van der Waals surface area contributed by atoms with Gasteiger partial charge in [0.2, 0.25) is 5.91 Å². The van der Waals surface area contributed by atoms with Crippen LogP contribution in [0, 0.1) is 5.41 Å². The Morgan fingerprint density at radius 3 is 2.49 bits per heavy atom. The maximum absolute atomic E-state index is 12.8. The number of hydroxylamine groups is 1. The molecular weight excluding hydrogens is 482 g/mol. The van der Waals surface area contributed by atoms with Gasteiger partial charge in [0.1, 0.15) is 6.04 Å². The lowest BCUT2D eigenvalue weighted by molar-refractivity contribution is -0.142. The van der Waals surface area contributed by atoms with E-state index in [2.05, 4.69) is 16.1 Å². The number of nitrogens with zero attached hydrogens (tertiary/aromatic N) is 3. The third-order valence-electron chi connectivity index (χ3n) is 5.55. The molecule has 1 aliphatic heterocycles. The van der Waals surface area contributed by atoms with Gasteiger partial charge in [-0.2, -0.15) is 5.48 Å². The summed E-state index contributed by atoms with van der Waals surface area (Å²) in [6.45, 7) is 3.87. The number of esters is 1. The Balaban J connectivity index is 1.79. The van der Waals surface area contributed by atoms with Crippen molar-refractivity contribution in [1.29, 1.82) is 5.41 Å². The Hall–Kier alpha value is -3.87. The van der Waals surface area contributed by atoms with Crippen molar-refractivity contribution < 1.29 is 28.8 Å². The molecule has 0 aliphatic carbocycles. The summed E-state index contributed by atoms with van der Waals surface area (Å²) in [5, 5.41) is 13.3. The molecule has 0 radical (unpaired) electrons. The summed E-state index contributed by atoms with van der Waals surface area (Å²) in [7, 11) is 5.54. The lowest BCUT2D eigenvalue weighted by Gasteiger charge is -2.19. The second-order valence-electron chi connectivity index (χ2n) is 8.76. The van der Waals surface area contributed by atoms with Crippen LogP contribution in [0.2, 0.25) is 0 Å². The van der Waals surface area contributed by atoms with E-state index in [-0.39, 0.29) is 31.3 Å². The standard InChI is InChI=1S/C24H37N7O6/c1-5-36-20(32)11-13-26-23(34)27-19-12-16-31(22(19)33)18-9-7-17(8-10-18)21(25)28-37-24(35)30(4)15-6-14-29(2)3/h7-10,19H,5-6,11-16H2,1-4H3,(H2,25,28)(H2,26,27,34)/t19-/m0/s1. The van der Waals surface area contributed by atoms with Crippen LogP contribution < -0.4 is 21.0 Å². The van der Waals surface area contributed by atoms with E-state index in [0.29, 0.717) is 30.8 Å². The summed E-state index contributed by atoms with van der Waals surface area (Å²) < 4.78 is 4.80. The number of nitrogens with one attached hydrogen (secondary N) is 4. The van der Waals surface area contributed by atoms with Crippen LogP contribution in [-0.4, -0.2) is 99.6 Å². The fourth-order valence-corrected chi connectivity index (χ4v) is 3.55. The molecule has 1 aromatic carbocycles. The largest absolute Gasteiger partial charge is 0.466 e. The molecule has 1 saturated heterocycles. The highest BCUT2D eigenvalue weighted by atomic mass is 16.7. The Kier molecular flexibility index (Phi) is 11.6. The molecule has 0 bridgehead atoms. The Labute approximate surface area is 216 Å². The van der Waals surface area contributed by atoms with Gasteiger partial charge in [0.25, 0.3) is 0 Å². The normalized spacial score (nSPS) is 14.8. The monoisotopic (exact) mass is 519 g/mol. The molecule has 204 valence electrons. The van der Waals surface area contributed by atoms with E-state index in [4.69, 9.17) is 15.0 Å². The van der Waals surface area contributed by atoms with Crippen LogP contribution in [0.3, 0.4) is 0 Å². The number of benzene rings is 1. The van der Waals surface area contributed by atoms with E-state index in [1.165, 1.54) is 4.90 Å². The van der Waals surface area contributed by atoms with Gasteiger partial charge < -0.3 is 34.9 Å². The number of amides is 4. The van der Waals surface area contributed by atoms with Crippen LogP contribution in [-0.2, 0) is 19.2 Å². The Bertz CT molecular complexity index is 953. The van der Waals surface area contributed by atoms with Gasteiger partial charge in [-0.05, 0) is 64.7 Å². The average Bonchev–Trinajstić information content (AvgIpc) is 3.21. The van der Waals surface area contributed by atoms with Crippen molar-refractivity contribution in [3.05, 3.63) is 29.8 Å². The molecular formula is C24H37N7O6. The minimum absolute atomic E-state index is 0.0505. The number of anilines is 1. The summed E-state index contributed by atoms with van der Waals surface area (Å²) in [4.78, 5) is 58.2. The minimum Gasteiger partial charge on any atom is -0.466 e. The van der Waals surface area contributed by atoms with Crippen molar-refractivity contribution in [2.45, 2.75) is 32.2 Å². The molecule has 0 spiro atoms. The van der Waals surface area contributed by atoms with Crippen molar-refractivity contribution in [1.82, 2.24) is 25.9 Å². The number of urea groups is 1. The molecule has 37 heavy (non-hydrogen) atoms. The zero-order valence-electron chi connectivity index (χ0n) is 21.8. The number of rotatable bonds is 11. The van der Waals surface area contributed by atoms with E-state index in [0.717, 1.165) is 13.0 Å². The summed E-state index contributed by atoms with van der Waals surface area (Å²) in [6, 6.07) is 5.42. The molecule has 1 aromatic rings. The van der Waals surface area contributed by atoms with Gasteiger partial charge in [0.15, 0.2) is 5.84 Å². The first-order valence-electron chi connectivity index (χ1n) is 12.1.